The van der Waals surface area contributed by atoms with Crippen molar-refractivity contribution < 1.29 is 9.90 Å². The minimum Gasteiger partial charge on any atom is -0.480 e. The quantitative estimate of drug-likeness (QED) is 0.773. The maximum absolute atomic E-state index is 11.6. The van der Waals surface area contributed by atoms with Crippen molar-refractivity contribution in [1.29, 1.82) is 0 Å². The van der Waals surface area contributed by atoms with Gasteiger partial charge in [-0.25, -0.2) is 4.79 Å². The lowest BCUT2D eigenvalue weighted by atomic mass is 9.92. The molecule has 1 heterocycles. The predicted molar refractivity (Wildman–Crippen MR) is 85.3 cm³/mol. The number of rotatable bonds is 5. The van der Waals surface area contributed by atoms with Gasteiger partial charge in [-0.2, -0.15) is 0 Å². The number of carbonyl (C=O) groups is 1. The molecule has 2 rings (SSSR count). The average Bonchev–Trinajstić information content (AvgIpc) is 2.89. The molecule has 0 aliphatic rings. The third-order valence-corrected chi connectivity index (χ3v) is 4.64. The van der Waals surface area contributed by atoms with E-state index in [4.69, 9.17) is 0 Å². The zero-order valence-electron chi connectivity index (χ0n) is 10.4. The maximum Gasteiger partial charge on any atom is 0.328 e. The van der Waals surface area contributed by atoms with Crippen LogP contribution in [0.2, 0.25) is 0 Å². The van der Waals surface area contributed by atoms with E-state index in [1.807, 2.05) is 41.8 Å². The molecule has 0 spiro atoms. The van der Waals surface area contributed by atoms with Crippen LogP contribution in [-0.2, 0) is 16.9 Å². The Kier molecular flexibility index (Phi) is 4.59. The Morgan fingerprint density at radius 1 is 1.37 bits per heavy atom. The van der Waals surface area contributed by atoms with Crippen LogP contribution < -0.4 is 5.32 Å². The van der Waals surface area contributed by atoms with Gasteiger partial charge in [0.1, 0.15) is 5.54 Å². The van der Waals surface area contributed by atoms with Crippen LogP contribution in [0, 0.1) is 3.57 Å². The van der Waals surface area contributed by atoms with Gasteiger partial charge in [0.25, 0.3) is 0 Å². The number of carboxylic acid groups (broad SMARTS) is 1. The second-order valence-corrected chi connectivity index (χ2v) is 6.65. The SMILES string of the molecule is CC(NCc1cccs1)(C(=O)O)c1ccc(I)cc1. The first kappa shape index (κ1) is 14.5. The Bertz CT molecular complexity index is 553. The van der Waals surface area contributed by atoms with Gasteiger partial charge < -0.3 is 5.11 Å². The van der Waals surface area contributed by atoms with Gasteiger partial charge in [0.2, 0.25) is 0 Å². The summed E-state index contributed by atoms with van der Waals surface area (Å²) in [5.74, 6) is -0.870. The molecule has 19 heavy (non-hydrogen) atoms. The average molecular weight is 387 g/mol. The summed E-state index contributed by atoms with van der Waals surface area (Å²) in [5.41, 5.74) is -0.314. The van der Waals surface area contributed by atoms with E-state index in [1.54, 1.807) is 18.3 Å². The summed E-state index contributed by atoms with van der Waals surface area (Å²) in [4.78, 5) is 12.7. The summed E-state index contributed by atoms with van der Waals surface area (Å²) in [5, 5.41) is 14.7. The normalized spacial score (nSPS) is 14.0. The van der Waals surface area contributed by atoms with E-state index in [-0.39, 0.29) is 0 Å². The van der Waals surface area contributed by atoms with Crippen molar-refractivity contribution in [1.82, 2.24) is 5.32 Å². The Labute approximate surface area is 129 Å². The van der Waals surface area contributed by atoms with Gasteiger partial charge >= 0.3 is 5.97 Å². The molecule has 3 nitrogen and oxygen atoms in total. The lowest BCUT2D eigenvalue weighted by Crippen LogP contribution is -2.46. The summed E-state index contributed by atoms with van der Waals surface area (Å²) in [7, 11) is 0. The van der Waals surface area contributed by atoms with Gasteiger partial charge in [0, 0.05) is 15.0 Å². The Hall–Kier alpha value is -0.920. The molecule has 1 unspecified atom stereocenters. The summed E-state index contributed by atoms with van der Waals surface area (Å²) >= 11 is 3.82. The summed E-state index contributed by atoms with van der Waals surface area (Å²) < 4.78 is 1.09. The fraction of sp³-hybridized carbons (Fsp3) is 0.214. The van der Waals surface area contributed by atoms with Crippen molar-refractivity contribution in [3.63, 3.8) is 0 Å². The first-order chi connectivity index (χ1) is 9.02. The monoisotopic (exact) mass is 387 g/mol. The highest BCUT2D eigenvalue weighted by atomic mass is 127. The van der Waals surface area contributed by atoms with Crippen LogP contribution in [0.5, 0.6) is 0 Å². The number of hydrogen-bond acceptors (Lipinski definition) is 3. The van der Waals surface area contributed by atoms with Crippen LogP contribution in [0.15, 0.2) is 41.8 Å². The van der Waals surface area contributed by atoms with Crippen molar-refractivity contribution >= 4 is 39.9 Å². The zero-order valence-corrected chi connectivity index (χ0v) is 13.4. The van der Waals surface area contributed by atoms with Gasteiger partial charge in [-0.15, -0.1) is 11.3 Å². The Balaban J connectivity index is 2.22. The van der Waals surface area contributed by atoms with Crippen LogP contribution in [0.25, 0.3) is 0 Å². The molecule has 0 radical (unpaired) electrons. The van der Waals surface area contributed by atoms with E-state index in [2.05, 4.69) is 27.9 Å². The molecule has 0 amide bonds. The van der Waals surface area contributed by atoms with E-state index < -0.39 is 11.5 Å². The Morgan fingerprint density at radius 3 is 2.58 bits per heavy atom. The van der Waals surface area contributed by atoms with Gasteiger partial charge in [-0.1, -0.05) is 18.2 Å². The predicted octanol–water partition coefficient (Wildman–Crippen LogP) is 3.44. The molecule has 1 aromatic heterocycles. The largest absolute Gasteiger partial charge is 0.480 e. The number of carboxylic acids is 1. The first-order valence-corrected chi connectivity index (χ1v) is 7.75. The molecule has 2 N–H and O–H groups in total. The molecule has 2 aromatic rings. The smallest absolute Gasteiger partial charge is 0.328 e. The van der Waals surface area contributed by atoms with E-state index in [1.165, 1.54) is 0 Å². The molecule has 0 aliphatic heterocycles. The molecule has 0 saturated carbocycles. The third kappa shape index (κ3) is 3.34. The van der Waals surface area contributed by atoms with Crippen molar-refractivity contribution in [2.45, 2.75) is 19.0 Å². The van der Waals surface area contributed by atoms with Gasteiger partial charge in [0.05, 0.1) is 0 Å². The van der Waals surface area contributed by atoms with Crippen LogP contribution >= 0.6 is 33.9 Å². The molecular weight excluding hydrogens is 373 g/mol. The van der Waals surface area contributed by atoms with Crippen LogP contribution in [0.3, 0.4) is 0 Å². The van der Waals surface area contributed by atoms with Gasteiger partial charge in [0.15, 0.2) is 0 Å². The maximum atomic E-state index is 11.6. The molecule has 0 aliphatic carbocycles. The molecule has 1 atom stereocenters. The molecule has 0 saturated heterocycles. The van der Waals surface area contributed by atoms with Gasteiger partial charge in [-0.05, 0) is 58.7 Å². The topological polar surface area (TPSA) is 49.3 Å². The summed E-state index contributed by atoms with van der Waals surface area (Å²) in [6, 6.07) is 11.5. The number of aliphatic carboxylic acids is 1. The molecule has 100 valence electrons. The van der Waals surface area contributed by atoms with Crippen LogP contribution in [0.1, 0.15) is 17.4 Å². The number of hydrogen-bond donors (Lipinski definition) is 2. The molecule has 0 fully saturated rings. The van der Waals surface area contributed by atoms with Gasteiger partial charge in [-0.3, -0.25) is 5.32 Å². The standard InChI is InChI=1S/C14H14INO2S/c1-14(13(17)18,10-4-6-11(15)7-5-10)16-9-12-3-2-8-19-12/h2-8,16H,9H2,1H3,(H,17,18). The molecule has 1 aromatic carbocycles. The molecule has 0 bridgehead atoms. The fourth-order valence-electron chi connectivity index (χ4n) is 1.76. The lowest BCUT2D eigenvalue weighted by Gasteiger charge is -2.26. The van der Waals surface area contributed by atoms with Crippen molar-refractivity contribution in [2.75, 3.05) is 0 Å². The van der Waals surface area contributed by atoms with E-state index in [9.17, 15) is 9.90 Å². The van der Waals surface area contributed by atoms with E-state index in [0.717, 1.165) is 14.0 Å². The summed E-state index contributed by atoms with van der Waals surface area (Å²) in [6.45, 7) is 2.25. The second-order valence-electron chi connectivity index (χ2n) is 4.37. The van der Waals surface area contributed by atoms with E-state index in [0.29, 0.717) is 6.54 Å². The highest BCUT2D eigenvalue weighted by Gasteiger charge is 2.34. The van der Waals surface area contributed by atoms with Crippen molar-refractivity contribution in [3.05, 3.63) is 55.8 Å². The third-order valence-electron chi connectivity index (χ3n) is 3.05. The van der Waals surface area contributed by atoms with Crippen molar-refractivity contribution in [3.8, 4) is 0 Å². The Morgan fingerprint density at radius 2 is 2.05 bits per heavy atom. The zero-order chi connectivity index (χ0) is 13.9. The first-order valence-electron chi connectivity index (χ1n) is 5.79. The minimum atomic E-state index is -1.08. The van der Waals surface area contributed by atoms with E-state index >= 15 is 0 Å². The highest BCUT2D eigenvalue weighted by Crippen LogP contribution is 2.23. The summed E-state index contributed by atoms with van der Waals surface area (Å²) in [6.07, 6.45) is 0. The van der Waals surface area contributed by atoms with Crippen LogP contribution in [-0.4, -0.2) is 11.1 Å². The number of halogens is 1. The lowest BCUT2D eigenvalue weighted by molar-refractivity contribution is -0.144. The number of benzene rings is 1. The number of nitrogens with one attached hydrogen (secondary N) is 1. The number of thiophene rings is 1. The fourth-order valence-corrected chi connectivity index (χ4v) is 2.77. The minimum absolute atomic E-state index is 0.548. The molecular formula is C14H14INO2S. The second kappa shape index (κ2) is 6.02. The molecule has 5 heteroatoms. The van der Waals surface area contributed by atoms with Crippen LogP contribution in [0.4, 0.5) is 0 Å². The van der Waals surface area contributed by atoms with Crippen molar-refractivity contribution in [2.24, 2.45) is 0 Å². The highest BCUT2D eigenvalue weighted by molar-refractivity contribution is 14.1.